The van der Waals surface area contributed by atoms with Gasteiger partial charge in [0.2, 0.25) is 0 Å². The maximum absolute atomic E-state index is 13.4. The minimum atomic E-state index is -1.78. The topological polar surface area (TPSA) is 110 Å². The van der Waals surface area contributed by atoms with Crippen LogP contribution in [0.3, 0.4) is 0 Å². The molecule has 7 nitrogen and oxygen atoms in total. The first-order valence-corrected chi connectivity index (χ1v) is 11.7. The Balaban J connectivity index is 1.66. The second-order valence-corrected chi connectivity index (χ2v) is 9.26. The van der Waals surface area contributed by atoms with Crippen molar-refractivity contribution in [2.45, 2.75) is 38.1 Å². The predicted molar refractivity (Wildman–Crippen MR) is 131 cm³/mol. The van der Waals surface area contributed by atoms with E-state index in [9.17, 15) is 24.6 Å². The number of ether oxygens (including phenoxy) is 2. The van der Waals surface area contributed by atoms with Crippen LogP contribution >= 0.6 is 0 Å². The zero-order valence-electron chi connectivity index (χ0n) is 19.9. The molecule has 3 aromatic carbocycles. The van der Waals surface area contributed by atoms with Crippen LogP contribution < -0.4 is 0 Å². The summed E-state index contributed by atoms with van der Waals surface area (Å²) in [5.74, 6) is -5.89. The Morgan fingerprint density at radius 3 is 1.97 bits per heavy atom. The normalized spacial score (nSPS) is 23.6. The Morgan fingerprint density at radius 1 is 0.861 bits per heavy atom. The van der Waals surface area contributed by atoms with E-state index >= 15 is 0 Å². The molecule has 36 heavy (non-hydrogen) atoms. The van der Waals surface area contributed by atoms with Gasteiger partial charge in [0.15, 0.2) is 5.78 Å². The summed E-state index contributed by atoms with van der Waals surface area (Å²) in [4.78, 5) is 39.9. The van der Waals surface area contributed by atoms with Crippen LogP contribution in [0.5, 0.6) is 5.75 Å². The van der Waals surface area contributed by atoms with E-state index in [1.165, 1.54) is 19.1 Å². The number of aliphatic hydroxyl groups is 1. The lowest BCUT2D eigenvalue weighted by atomic mass is 9.61. The van der Waals surface area contributed by atoms with E-state index in [-0.39, 0.29) is 19.0 Å². The first kappa shape index (κ1) is 25.1. The largest absolute Gasteiger partial charge is 0.508 e. The van der Waals surface area contributed by atoms with Crippen molar-refractivity contribution in [2.75, 3.05) is 0 Å². The third-order valence-corrected chi connectivity index (χ3v) is 6.48. The molecule has 1 aliphatic carbocycles. The molecule has 4 rings (SSSR count). The first-order valence-electron chi connectivity index (χ1n) is 11.7. The number of hydrogen-bond donors (Lipinski definition) is 2. The number of phenols is 1. The number of hydrogen-bond acceptors (Lipinski definition) is 7. The van der Waals surface area contributed by atoms with Crippen molar-refractivity contribution in [3.8, 4) is 5.75 Å². The van der Waals surface area contributed by atoms with Gasteiger partial charge in [0.05, 0.1) is 11.5 Å². The molecule has 0 radical (unpaired) electrons. The highest BCUT2D eigenvalue weighted by Gasteiger charge is 2.57. The second kappa shape index (κ2) is 10.7. The van der Waals surface area contributed by atoms with Crippen LogP contribution in [0.15, 0.2) is 84.9 Å². The lowest BCUT2D eigenvalue weighted by Gasteiger charge is -2.43. The Labute approximate surface area is 209 Å². The summed E-state index contributed by atoms with van der Waals surface area (Å²) in [6.07, 6.45) is -0.418. The van der Waals surface area contributed by atoms with Crippen molar-refractivity contribution in [3.05, 3.63) is 102 Å². The van der Waals surface area contributed by atoms with Gasteiger partial charge in [-0.3, -0.25) is 14.4 Å². The minimum absolute atomic E-state index is 0.0317. The van der Waals surface area contributed by atoms with Gasteiger partial charge in [-0.25, -0.2) is 0 Å². The van der Waals surface area contributed by atoms with Crippen molar-refractivity contribution in [1.82, 2.24) is 0 Å². The van der Waals surface area contributed by atoms with E-state index in [1.807, 2.05) is 24.3 Å². The van der Waals surface area contributed by atoms with E-state index in [4.69, 9.17) is 9.47 Å². The zero-order chi connectivity index (χ0) is 25.7. The number of carbonyl (C=O) groups is 3. The molecule has 0 spiro atoms. The molecule has 186 valence electrons. The molecular weight excluding hydrogens is 460 g/mol. The molecule has 7 heteroatoms. The number of phenolic OH excluding ortho intramolecular Hbond substituents is 1. The number of benzene rings is 3. The summed E-state index contributed by atoms with van der Waals surface area (Å²) < 4.78 is 11.0. The highest BCUT2D eigenvalue weighted by molar-refractivity contribution is 6.02. The number of Topliss-reactive ketones (excluding diaryl/α,β-unsaturated/α-hetero) is 1. The maximum Gasteiger partial charge on any atom is 0.317 e. The van der Waals surface area contributed by atoms with Crippen molar-refractivity contribution in [2.24, 2.45) is 11.8 Å². The van der Waals surface area contributed by atoms with Gasteiger partial charge in [-0.1, -0.05) is 72.8 Å². The standard InChI is InChI=1S/C29H28O7/c1-29(34)16-23(31)25(27(32)35-17-19-9-4-2-5-10-19)24(21-13-8-14-22(30)15-21)26(29)28(33)36-18-20-11-6-3-7-12-20/h2-15,24-26,30,34H,16-18H2,1H3/t24-,25+,26+,29+/m1/s1. The SMILES string of the molecule is C[C@]1(O)CC(=O)[C@H](C(=O)OCc2ccccc2)[C@@H](c2cccc(O)c2)[C@H]1C(=O)OCc1ccccc1. The summed E-state index contributed by atoms with van der Waals surface area (Å²) in [5.41, 5.74) is 0.0718. The van der Waals surface area contributed by atoms with Crippen LogP contribution in [0.25, 0.3) is 0 Å². The molecule has 0 bridgehead atoms. The maximum atomic E-state index is 13.4. The monoisotopic (exact) mass is 488 g/mol. The van der Waals surface area contributed by atoms with Crippen molar-refractivity contribution >= 4 is 17.7 Å². The van der Waals surface area contributed by atoms with Gasteiger partial charge in [-0.2, -0.15) is 0 Å². The molecule has 0 amide bonds. The summed E-state index contributed by atoms with van der Waals surface area (Å²) in [6.45, 7) is 1.31. The third-order valence-electron chi connectivity index (χ3n) is 6.48. The van der Waals surface area contributed by atoms with Crippen LogP contribution in [0.2, 0.25) is 0 Å². The van der Waals surface area contributed by atoms with E-state index in [2.05, 4.69) is 0 Å². The molecule has 1 aliphatic rings. The lowest BCUT2D eigenvalue weighted by Crippen LogP contribution is -2.55. The molecule has 0 saturated heterocycles. The fraction of sp³-hybridized carbons (Fsp3) is 0.276. The summed E-state index contributed by atoms with van der Waals surface area (Å²) in [6, 6.07) is 24.1. The van der Waals surface area contributed by atoms with Crippen LogP contribution in [0.4, 0.5) is 0 Å². The molecule has 0 unspecified atom stereocenters. The van der Waals surface area contributed by atoms with Crippen LogP contribution in [0, 0.1) is 11.8 Å². The molecule has 0 heterocycles. The fourth-order valence-corrected chi connectivity index (χ4v) is 4.78. The zero-order valence-corrected chi connectivity index (χ0v) is 19.9. The second-order valence-electron chi connectivity index (χ2n) is 9.26. The van der Waals surface area contributed by atoms with Gasteiger partial charge in [-0.05, 0) is 35.7 Å². The van der Waals surface area contributed by atoms with Crippen molar-refractivity contribution in [3.63, 3.8) is 0 Å². The molecular formula is C29H28O7. The van der Waals surface area contributed by atoms with E-state index < -0.39 is 47.5 Å². The van der Waals surface area contributed by atoms with Gasteiger partial charge < -0.3 is 19.7 Å². The van der Waals surface area contributed by atoms with Gasteiger partial charge in [0, 0.05) is 12.3 Å². The van der Waals surface area contributed by atoms with Crippen LogP contribution in [-0.2, 0) is 37.1 Å². The Kier molecular flexibility index (Phi) is 7.50. The van der Waals surface area contributed by atoms with Gasteiger partial charge in [0.25, 0.3) is 0 Å². The first-order chi connectivity index (χ1) is 17.3. The Bertz CT molecular complexity index is 1220. The highest BCUT2D eigenvalue weighted by atomic mass is 16.5. The smallest absolute Gasteiger partial charge is 0.317 e. The molecule has 3 aromatic rings. The molecule has 0 aliphatic heterocycles. The van der Waals surface area contributed by atoms with Crippen molar-refractivity contribution in [1.29, 1.82) is 0 Å². The van der Waals surface area contributed by atoms with E-state index in [1.54, 1.807) is 48.5 Å². The quantitative estimate of drug-likeness (QED) is 0.383. The Morgan fingerprint density at radius 2 is 1.42 bits per heavy atom. The lowest BCUT2D eigenvalue weighted by molar-refractivity contribution is -0.174. The Hall–Kier alpha value is -3.97. The average molecular weight is 489 g/mol. The number of esters is 2. The number of ketones is 1. The third kappa shape index (κ3) is 5.63. The summed E-state index contributed by atoms with van der Waals surface area (Å²) >= 11 is 0. The highest BCUT2D eigenvalue weighted by Crippen LogP contribution is 2.47. The van der Waals surface area contributed by atoms with E-state index in [0.29, 0.717) is 5.56 Å². The molecule has 2 N–H and O–H groups in total. The van der Waals surface area contributed by atoms with Gasteiger partial charge in [0.1, 0.15) is 24.9 Å². The van der Waals surface area contributed by atoms with Crippen molar-refractivity contribution < 1.29 is 34.1 Å². The number of rotatable bonds is 7. The minimum Gasteiger partial charge on any atom is -0.508 e. The van der Waals surface area contributed by atoms with Crippen LogP contribution in [0.1, 0.15) is 36.0 Å². The number of aromatic hydroxyl groups is 1. The molecule has 1 saturated carbocycles. The van der Waals surface area contributed by atoms with Gasteiger partial charge >= 0.3 is 11.9 Å². The molecule has 1 fully saturated rings. The summed E-state index contributed by atoms with van der Waals surface area (Å²) in [5, 5.41) is 21.4. The molecule has 0 aromatic heterocycles. The van der Waals surface area contributed by atoms with Gasteiger partial charge in [-0.15, -0.1) is 0 Å². The number of carbonyl (C=O) groups excluding carboxylic acids is 3. The average Bonchev–Trinajstić information content (AvgIpc) is 2.86. The van der Waals surface area contributed by atoms with Crippen LogP contribution in [-0.4, -0.2) is 33.5 Å². The van der Waals surface area contributed by atoms with E-state index in [0.717, 1.165) is 11.1 Å². The summed E-state index contributed by atoms with van der Waals surface area (Å²) in [7, 11) is 0. The predicted octanol–water partition coefficient (Wildman–Crippen LogP) is 3.92. The molecule has 4 atom stereocenters. The fourth-order valence-electron chi connectivity index (χ4n) is 4.78.